The molecule has 24 heavy (non-hydrogen) atoms. The van der Waals surface area contributed by atoms with E-state index in [4.69, 9.17) is 0 Å². The van der Waals surface area contributed by atoms with Gasteiger partial charge in [-0.2, -0.15) is 0 Å². The smallest absolute Gasteiger partial charge is 0.243 e. The molecule has 1 fully saturated rings. The molecule has 124 valence electrons. The Hall–Kier alpha value is -2.41. The summed E-state index contributed by atoms with van der Waals surface area (Å²) in [5, 5.41) is 0. The second-order valence-corrected chi connectivity index (χ2v) is 6.42. The number of nitrogens with zero attached hydrogens (tertiary/aromatic N) is 1. The molecule has 2 amide bonds. The third kappa shape index (κ3) is 3.73. The summed E-state index contributed by atoms with van der Waals surface area (Å²) in [5.74, 6) is -1.14. The molecule has 0 spiro atoms. The zero-order chi connectivity index (χ0) is 17.1. The van der Waals surface area contributed by atoms with Gasteiger partial charge in [-0.15, -0.1) is 0 Å². The van der Waals surface area contributed by atoms with Crippen molar-refractivity contribution in [3.8, 4) is 0 Å². The van der Waals surface area contributed by atoms with Crippen molar-refractivity contribution in [3.05, 3.63) is 58.8 Å². The standard InChI is InChI=1S/C17H15BrFN3O2/c18-12-1-7-15(8-2-12)22-10-11(9-16(22)23)17(24)21-20-14-5-3-13(19)4-6-14/h1-8,11,20H,9-10H2,(H,21,24)/t11-/m0/s1. The lowest BCUT2D eigenvalue weighted by Crippen LogP contribution is -2.36. The summed E-state index contributed by atoms with van der Waals surface area (Å²) >= 11 is 3.35. The van der Waals surface area contributed by atoms with Gasteiger partial charge in [0.2, 0.25) is 11.8 Å². The SMILES string of the molecule is O=C(NNc1ccc(F)cc1)[C@H]1CC(=O)N(c2ccc(Br)cc2)C1. The molecule has 2 N–H and O–H groups in total. The fraction of sp³-hybridized carbons (Fsp3) is 0.176. The Kier molecular flexibility index (Phi) is 4.80. The maximum Gasteiger partial charge on any atom is 0.243 e. The Bertz CT molecular complexity index is 749. The molecule has 0 radical (unpaired) electrons. The van der Waals surface area contributed by atoms with E-state index >= 15 is 0 Å². The first-order valence-electron chi connectivity index (χ1n) is 7.40. The first kappa shape index (κ1) is 16.4. The van der Waals surface area contributed by atoms with E-state index in [1.807, 2.05) is 24.3 Å². The molecule has 5 nitrogen and oxygen atoms in total. The summed E-state index contributed by atoms with van der Waals surface area (Å²) in [4.78, 5) is 26.0. The number of hydrogen-bond donors (Lipinski definition) is 2. The van der Waals surface area contributed by atoms with Crippen LogP contribution < -0.4 is 15.8 Å². The monoisotopic (exact) mass is 391 g/mol. The minimum absolute atomic E-state index is 0.0840. The fourth-order valence-corrected chi connectivity index (χ4v) is 2.79. The molecule has 1 atom stereocenters. The van der Waals surface area contributed by atoms with Gasteiger partial charge in [-0.1, -0.05) is 15.9 Å². The van der Waals surface area contributed by atoms with E-state index in [0.29, 0.717) is 12.2 Å². The van der Waals surface area contributed by atoms with Crippen molar-refractivity contribution >= 4 is 39.1 Å². The Balaban J connectivity index is 1.59. The highest BCUT2D eigenvalue weighted by atomic mass is 79.9. The molecule has 2 aromatic rings. The van der Waals surface area contributed by atoms with Gasteiger partial charge in [-0.05, 0) is 48.5 Å². The van der Waals surface area contributed by atoms with Crippen LogP contribution in [-0.4, -0.2) is 18.4 Å². The van der Waals surface area contributed by atoms with Crippen molar-refractivity contribution in [1.82, 2.24) is 5.43 Å². The molecule has 3 rings (SSSR count). The number of hydrogen-bond acceptors (Lipinski definition) is 3. The van der Waals surface area contributed by atoms with Gasteiger partial charge in [0.1, 0.15) is 5.82 Å². The number of hydrazine groups is 1. The van der Waals surface area contributed by atoms with Crippen molar-refractivity contribution < 1.29 is 14.0 Å². The molecular formula is C17H15BrFN3O2. The normalized spacial score (nSPS) is 17.0. The Morgan fingerprint density at radius 3 is 2.46 bits per heavy atom. The lowest BCUT2D eigenvalue weighted by atomic mass is 10.1. The topological polar surface area (TPSA) is 61.4 Å². The number of benzene rings is 2. The van der Waals surface area contributed by atoms with Crippen molar-refractivity contribution in [2.24, 2.45) is 5.92 Å². The number of amides is 2. The summed E-state index contributed by atoms with van der Waals surface area (Å²) in [6.07, 6.45) is 0.160. The maximum atomic E-state index is 12.8. The van der Waals surface area contributed by atoms with Crippen molar-refractivity contribution in [3.63, 3.8) is 0 Å². The van der Waals surface area contributed by atoms with Crippen LogP contribution in [0.15, 0.2) is 53.0 Å². The van der Waals surface area contributed by atoms with E-state index in [0.717, 1.165) is 10.2 Å². The number of halogens is 2. The molecule has 1 heterocycles. The highest BCUT2D eigenvalue weighted by molar-refractivity contribution is 9.10. The Morgan fingerprint density at radius 1 is 1.12 bits per heavy atom. The highest BCUT2D eigenvalue weighted by Crippen LogP contribution is 2.26. The summed E-state index contributed by atoms with van der Waals surface area (Å²) in [5.41, 5.74) is 6.62. The minimum atomic E-state index is -0.436. The van der Waals surface area contributed by atoms with Gasteiger partial charge < -0.3 is 4.90 Å². The van der Waals surface area contributed by atoms with Gasteiger partial charge in [-0.3, -0.25) is 20.4 Å². The average Bonchev–Trinajstić information content (AvgIpc) is 2.97. The molecule has 7 heteroatoms. The number of carbonyl (C=O) groups is 2. The lowest BCUT2D eigenvalue weighted by Gasteiger charge is -2.17. The highest BCUT2D eigenvalue weighted by Gasteiger charge is 2.35. The molecule has 0 aromatic heterocycles. The number of rotatable bonds is 4. The van der Waals surface area contributed by atoms with Gasteiger partial charge in [0.05, 0.1) is 11.6 Å². The lowest BCUT2D eigenvalue weighted by molar-refractivity contribution is -0.125. The third-order valence-electron chi connectivity index (χ3n) is 3.81. The molecule has 0 saturated carbocycles. The van der Waals surface area contributed by atoms with Crippen LogP contribution in [0, 0.1) is 11.7 Å². The predicted octanol–water partition coefficient (Wildman–Crippen LogP) is 3.08. The molecular weight excluding hydrogens is 377 g/mol. The molecule has 1 aliphatic rings. The summed E-state index contributed by atoms with van der Waals surface area (Å²) in [6, 6.07) is 13.0. The Morgan fingerprint density at radius 2 is 1.79 bits per heavy atom. The van der Waals surface area contributed by atoms with Crippen molar-refractivity contribution in [2.45, 2.75) is 6.42 Å². The maximum absolute atomic E-state index is 12.8. The van der Waals surface area contributed by atoms with E-state index in [1.54, 1.807) is 4.90 Å². The van der Waals surface area contributed by atoms with E-state index in [1.165, 1.54) is 24.3 Å². The largest absolute Gasteiger partial charge is 0.312 e. The average molecular weight is 392 g/mol. The van der Waals surface area contributed by atoms with Crippen LogP contribution in [0.4, 0.5) is 15.8 Å². The van der Waals surface area contributed by atoms with E-state index in [-0.39, 0.29) is 24.1 Å². The predicted molar refractivity (Wildman–Crippen MR) is 92.8 cm³/mol. The van der Waals surface area contributed by atoms with Gasteiger partial charge in [0, 0.05) is 23.1 Å². The molecule has 2 aromatic carbocycles. The van der Waals surface area contributed by atoms with Crippen LogP contribution in [0.25, 0.3) is 0 Å². The van der Waals surface area contributed by atoms with Gasteiger partial charge in [-0.25, -0.2) is 4.39 Å². The molecule has 0 aliphatic carbocycles. The quantitative estimate of drug-likeness (QED) is 0.787. The van der Waals surface area contributed by atoms with E-state index in [9.17, 15) is 14.0 Å². The van der Waals surface area contributed by atoms with Gasteiger partial charge in [0.15, 0.2) is 0 Å². The molecule has 1 aliphatic heterocycles. The number of nitrogens with one attached hydrogen (secondary N) is 2. The van der Waals surface area contributed by atoms with E-state index in [2.05, 4.69) is 26.8 Å². The second-order valence-electron chi connectivity index (χ2n) is 5.50. The first-order chi connectivity index (χ1) is 11.5. The van der Waals surface area contributed by atoms with Crippen molar-refractivity contribution in [2.75, 3.05) is 16.9 Å². The van der Waals surface area contributed by atoms with Gasteiger partial charge >= 0.3 is 0 Å². The number of anilines is 2. The molecule has 0 bridgehead atoms. The van der Waals surface area contributed by atoms with Crippen molar-refractivity contribution in [1.29, 1.82) is 0 Å². The fourth-order valence-electron chi connectivity index (χ4n) is 2.52. The molecule has 1 saturated heterocycles. The van der Waals surface area contributed by atoms with Crippen LogP contribution >= 0.6 is 15.9 Å². The van der Waals surface area contributed by atoms with Crippen LogP contribution in [0.3, 0.4) is 0 Å². The Labute approximate surface area is 146 Å². The first-order valence-corrected chi connectivity index (χ1v) is 8.19. The zero-order valence-electron chi connectivity index (χ0n) is 12.6. The minimum Gasteiger partial charge on any atom is -0.312 e. The van der Waals surface area contributed by atoms with Gasteiger partial charge in [0.25, 0.3) is 0 Å². The zero-order valence-corrected chi connectivity index (χ0v) is 14.2. The third-order valence-corrected chi connectivity index (χ3v) is 4.34. The summed E-state index contributed by atoms with van der Waals surface area (Å²) < 4.78 is 13.8. The van der Waals surface area contributed by atoms with Crippen LogP contribution in [0.5, 0.6) is 0 Å². The second kappa shape index (κ2) is 7.00. The van der Waals surface area contributed by atoms with Crippen LogP contribution in [0.1, 0.15) is 6.42 Å². The van der Waals surface area contributed by atoms with Crippen LogP contribution in [-0.2, 0) is 9.59 Å². The van der Waals surface area contributed by atoms with Crippen LogP contribution in [0.2, 0.25) is 0 Å². The summed E-state index contributed by atoms with van der Waals surface area (Å²) in [7, 11) is 0. The number of carbonyl (C=O) groups excluding carboxylic acids is 2. The molecule has 0 unspecified atom stereocenters. The summed E-state index contributed by atoms with van der Waals surface area (Å²) in [6.45, 7) is 0.331. The van der Waals surface area contributed by atoms with E-state index < -0.39 is 5.92 Å².